The predicted molar refractivity (Wildman–Crippen MR) is 118 cm³/mol. The van der Waals surface area contributed by atoms with E-state index >= 15 is 0 Å². The predicted octanol–water partition coefficient (Wildman–Crippen LogP) is 4.48. The number of rotatable bonds is 6. The van der Waals surface area contributed by atoms with Crippen LogP contribution in [-0.2, 0) is 7.05 Å². The van der Waals surface area contributed by atoms with Crippen LogP contribution in [0.3, 0.4) is 0 Å². The molecule has 1 N–H and O–H groups in total. The average molecular weight is 438 g/mol. The number of aromatic nitrogens is 2. The highest BCUT2D eigenvalue weighted by molar-refractivity contribution is 7.20. The Morgan fingerprint density at radius 3 is 2.68 bits per heavy atom. The summed E-state index contributed by atoms with van der Waals surface area (Å²) in [4.78, 5) is 24.7. The number of hydrogen-bond donors (Lipinski definition) is 1. The molecule has 158 valence electrons. The second kappa shape index (κ2) is 8.07. The van der Waals surface area contributed by atoms with E-state index in [0.717, 1.165) is 21.5 Å². The van der Waals surface area contributed by atoms with Crippen molar-refractivity contribution in [3.8, 4) is 22.8 Å². The van der Waals surface area contributed by atoms with Gasteiger partial charge in [0.2, 0.25) is 0 Å². The molecule has 0 saturated carbocycles. The number of nitro benzene ring substituents is 1. The van der Waals surface area contributed by atoms with Gasteiger partial charge in [0.1, 0.15) is 22.0 Å². The molecule has 0 aliphatic carbocycles. The number of amides is 1. The Hall–Kier alpha value is -3.92. The molecule has 0 unspecified atom stereocenters. The Kier molecular flexibility index (Phi) is 5.30. The first-order valence-corrected chi connectivity index (χ1v) is 9.97. The molecule has 0 fully saturated rings. The highest BCUT2D eigenvalue weighted by Gasteiger charge is 2.20. The van der Waals surface area contributed by atoms with Crippen LogP contribution in [0, 0.1) is 10.1 Å². The molecule has 4 rings (SSSR count). The molecule has 2 heterocycles. The zero-order valence-corrected chi connectivity index (χ0v) is 17.7. The summed E-state index contributed by atoms with van der Waals surface area (Å²) >= 11 is 1.28. The fourth-order valence-electron chi connectivity index (χ4n) is 3.23. The van der Waals surface area contributed by atoms with Gasteiger partial charge >= 0.3 is 0 Å². The zero-order valence-electron chi connectivity index (χ0n) is 16.9. The molecule has 2 aromatic heterocycles. The Balaban J connectivity index is 1.70. The molecule has 0 saturated heterocycles. The number of ether oxygens (including phenoxy) is 2. The number of hydrogen-bond acceptors (Lipinski definition) is 7. The summed E-state index contributed by atoms with van der Waals surface area (Å²) in [5, 5.41) is 19.2. The minimum atomic E-state index is -0.527. The lowest BCUT2D eigenvalue weighted by Crippen LogP contribution is -2.11. The van der Waals surface area contributed by atoms with E-state index in [-0.39, 0.29) is 11.4 Å². The summed E-state index contributed by atoms with van der Waals surface area (Å²) in [6.07, 6.45) is 0. The number of carbonyl (C=O) groups is 1. The minimum absolute atomic E-state index is 0.142. The van der Waals surface area contributed by atoms with Gasteiger partial charge in [-0.2, -0.15) is 5.10 Å². The Bertz CT molecular complexity index is 1310. The van der Waals surface area contributed by atoms with Gasteiger partial charge in [0.15, 0.2) is 0 Å². The van der Waals surface area contributed by atoms with Gasteiger partial charge < -0.3 is 14.8 Å². The lowest BCUT2D eigenvalue weighted by atomic mass is 10.1. The number of aryl methyl sites for hydroxylation is 1. The molecule has 0 bridgehead atoms. The van der Waals surface area contributed by atoms with Crippen LogP contribution in [0.1, 0.15) is 9.67 Å². The van der Waals surface area contributed by atoms with Crippen LogP contribution in [0.4, 0.5) is 11.4 Å². The van der Waals surface area contributed by atoms with Crippen LogP contribution >= 0.6 is 11.3 Å². The first-order chi connectivity index (χ1) is 14.9. The maximum atomic E-state index is 12.9. The zero-order chi connectivity index (χ0) is 22.1. The molecule has 0 radical (unpaired) electrons. The van der Waals surface area contributed by atoms with Crippen molar-refractivity contribution in [3.05, 3.63) is 63.5 Å². The molecule has 2 aromatic carbocycles. The monoisotopic (exact) mass is 438 g/mol. The summed E-state index contributed by atoms with van der Waals surface area (Å²) < 4.78 is 12.2. The van der Waals surface area contributed by atoms with E-state index in [9.17, 15) is 14.9 Å². The van der Waals surface area contributed by atoms with E-state index in [0.29, 0.717) is 16.4 Å². The first-order valence-electron chi connectivity index (χ1n) is 9.16. The number of methoxy groups -OCH3 is 2. The number of nitro groups is 1. The quantitative estimate of drug-likeness (QED) is 0.351. The van der Waals surface area contributed by atoms with E-state index in [2.05, 4.69) is 10.4 Å². The third kappa shape index (κ3) is 3.80. The Morgan fingerprint density at radius 1 is 1.16 bits per heavy atom. The van der Waals surface area contributed by atoms with Crippen molar-refractivity contribution in [3.63, 3.8) is 0 Å². The van der Waals surface area contributed by atoms with Crippen LogP contribution in [-0.4, -0.2) is 34.8 Å². The van der Waals surface area contributed by atoms with E-state index in [1.807, 2.05) is 31.3 Å². The highest BCUT2D eigenvalue weighted by atomic mass is 32.1. The van der Waals surface area contributed by atoms with Gasteiger partial charge in [0.25, 0.3) is 11.6 Å². The second-order valence-corrected chi connectivity index (χ2v) is 7.66. The van der Waals surface area contributed by atoms with Crippen LogP contribution in [0.25, 0.3) is 21.5 Å². The van der Waals surface area contributed by atoms with E-state index < -0.39 is 10.8 Å². The van der Waals surface area contributed by atoms with Gasteiger partial charge in [-0.05, 0) is 24.3 Å². The Labute approximate surface area is 181 Å². The number of nitrogens with one attached hydrogen (secondary N) is 1. The summed E-state index contributed by atoms with van der Waals surface area (Å²) in [5.74, 6) is 0.651. The number of benzene rings is 2. The van der Waals surface area contributed by atoms with Gasteiger partial charge in [-0.25, -0.2) is 0 Å². The van der Waals surface area contributed by atoms with E-state index in [1.54, 1.807) is 17.9 Å². The maximum absolute atomic E-state index is 12.9. The number of fused-ring (bicyclic) bond motifs is 1. The molecule has 31 heavy (non-hydrogen) atoms. The summed E-state index contributed by atoms with van der Waals surface area (Å²) in [7, 11) is 4.85. The van der Waals surface area contributed by atoms with Crippen molar-refractivity contribution in [1.82, 2.24) is 9.78 Å². The SMILES string of the molecule is COc1cccc(-c2nn(C)c3sc(C(=O)Nc4cc([N+](=O)[O-])ccc4OC)cc23)c1. The van der Waals surface area contributed by atoms with Crippen molar-refractivity contribution in [1.29, 1.82) is 0 Å². The average Bonchev–Trinajstić information content (AvgIpc) is 3.34. The number of non-ortho nitro benzene ring substituents is 1. The number of carbonyl (C=O) groups excluding carboxylic acids is 1. The molecule has 0 spiro atoms. The highest BCUT2D eigenvalue weighted by Crippen LogP contribution is 2.36. The maximum Gasteiger partial charge on any atom is 0.271 e. The van der Waals surface area contributed by atoms with Crippen LogP contribution in [0.2, 0.25) is 0 Å². The smallest absolute Gasteiger partial charge is 0.271 e. The van der Waals surface area contributed by atoms with E-state index in [4.69, 9.17) is 9.47 Å². The number of anilines is 1. The van der Waals surface area contributed by atoms with Gasteiger partial charge in [-0.1, -0.05) is 12.1 Å². The molecule has 0 atom stereocenters. The molecule has 4 aromatic rings. The molecule has 0 aliphatic heterocycles. The third-order valence-electron chi connectivity index (χ3n) is 4.72. The summed E-state index contributed by atoms with van der Waals surface area (Å²) in [6, 6.07) is 13.3. The van der Waals surface area contributed by atoms with Gasteiger partial charge in [-0.15, -0.1) is 11.3 Å². The van der Waals surface area contributed by atoms with Crippen molar-refractivity contribution in [2.45, 2.75) is 0 Å². The van der Waals surface area contributed by atoms with Crippen molar-refractivity contribution < 1.29 is 19.2 Å². The van der Waals surface area contributed by atoms with Crippen molar-refractivity contribution in [2.75, 3.05) is 19.5 Å². The molecular weight excluding hydrogens is 420 g/mol. The minimum Gasteiger partial charge on any atom is -0.497 e. The molecule has 10 heteroatoms. The van der Waals surface area contributed by atoms with Gasteiger partial charge in [0, 0.05) is 30.1 Å². The molecular formula is C21H18N4O5S. The second-order valence-electron chi connectivity index (χ2n) is 6.63. The fraction of sp³-hybridized carbons (Fsp3) is 0.143. The largest absolute Gasteiger partial charge is 0.497 e. The number of thiophene rings is 1. The Morgan fingerprint density at radius 2 is 1.97 bits per heavy atom. The summed E-state index contributed by atoms with van der Waals surface area (Å²) in [6.45, 7) is 0. The van der Waals surface area contributed by atoms with Crippen LogP contribution in [0.15, 0.2) is 48.5 Å². The van der Waals surface area contributed by atoms with Crippen molar-refractivity contribution >= 4 is 38.8 Å². The normalized spacial score (nSPS) is 10.8. The molecule has 9 nitrogen and oxygen atoms in total. The number of nitrogens with zero attached hydrogens (tertiary/aromatic N) is 3. The lowest BCUT2D eigenvalue weighted by Gasteiger charge is -2.09. The first kappa shape index (κ1) is 20.4. The molecule has 1 amide bonds. The van der Waals surface area contributed by atoms with Crippen LogP contribution in [0.5, 0.6) is 11.5 Å². The third-order valence-corrected chi connectivity index (χ3v) is 5.92. The molecule has 0 aliphatic rings. The van der Waals surface area contributed by atoms with Crippen LogP contribution < -0.4 is 14.8 Å². The summed E-state index contributed by atoms with van der Waals surface area (Å²) in [5.41, 5.74) is 1.69. The lowest BCUT2D eigenvalue weighted by molar-refractivity contribution is -0.384. The fourth-order valence-corrected chi connectivity index (χ4v) is 4.19. The van der Waals surface area contributed by atoms with E-state index in [1.165, 1.54) is 36.6 Å². The van der Waals surface area contributed by atoms with Gasteiger partial charge in [-0.3, -0.25) is 19.6 Å². The topological polar surface area (TPSA) is 109 Å². The van der Waals surface area contributed by atoms with Crippen molar-refractivity contribution in [2.24, 2.45) is 7.05 Å². The van der Waals surface area contributed by atoms with Gasteiger partial charge in [0.05, 0.1) is 29.7 Å². The standard InChI is InChI=1S/C21H18N4O5S/c1-24-21-15(19(23-24)12-5-4-6-14(9-12)29-2)11-18(31-21)20(26)22-16-10-13(25(27)28)7-8-17(16)30-3/h4-11H,1-3H3,(H,22,26).